The number of benzene rings is 1. The molecule has 0 saturated carbocycles. The van der Waals surface area contributed by atoms with Gasteiger partial charge in [-0.3, -0.25) is 0 Å². The van der Waals surface area contributed by atoms with Crippen LogP contribution < -0.4 is 0 Å². The first-order chi connectivity index (χ1) is 8.83. The molecule has 0 bridgehead atoms. The summed E-state index contributed by atoms with van der Waals surface area (Å²) in [6.07, 6.45) is 6.29. The predicted octanol–water partition coefficient (Wildman–Crippen LogP) is 2.32. The second kappa shape index (κ2) is 5.35. The van der Waals surface area contributed by atoms with Crippen LogP contribution in [0.4, 0.5) is 0 Å². The summed E-state index contributed by atoms with van der Waals surface area (Å²) in [5, 5.41) is 10.2. The van der Waals surface area contributed by atoms with E-state index in [9.17, 15) is 13.5 Å². The highest BCUT2D eigenvalue weighted by Crippen LogP contribution is 2.30. The Morgan fingerprint density at radius 2 is 1.89 bits per heavy atom. The molecule has 6 heteroatoms. The molecule has 0 heterocycles. The van der Waals surface area contributed by atoms with Gasteiger partial charge in [-0.25, -0.2) is 4.18 Å². The van der Waals surface area contributed by atoms with Crippen LogP contribution in [0.5, 0.6) is 0 Å². The molecule has 0 radical (unpaired) electrons. The largest absolute Gasteiger partial charge is 0.360 e. The van der Waals surface area contributed by atoms with E-state index in [0.717, 1.165) is 5.56 Å². The number of halogens is 1. The first-order valence-corrected chi connectivity index (χ1v) is 8.24. The van der Waals surface area contributed by atoms with Crippen LogP contribution in [0.25, 0.3) is 0 Å². The molecule has 19 heavy (non-hydrogen) atoms. The summed E-state index contributed by atoms with van der Waals surface area (Å²) < 4.78 is 28.7. The Bertz CT molecular complexity index is 619. The zero-order valence-electron chi connectivity index (χ0n) is 10.2. The summed E-state index contributed by atoms with van der Waals surface area (Å²) in [7, 11) is -4.01. The lowest BCUT2D eigenvalue weighted by molar-refractivity contribution is -0.0792. The number of alkyl halides is 1. The van der Waals surface area contributed by atoms with Crippen molar-refractivity contribution >= 4 is 32.7 Å². The quantitative estimate of drug-likeness (QED) is 0.371. The molecular formula is C13H13IO4S. The van der Waals surface area contributed by atoms with E-state index in [4.69, 9.17) is 4.18 Å². The lowest BCUT2D eigenvalue weighted by Crippen LogP contribution is -2.41. The Morgan fingerprint density at radius 1 is 1.26 bits per heavy atom. The van der Waals surface area contributed by atoms with Gasteiger partial charge >= 0.3 is 0 Å². The molecule has 2 unspecified atom stereocenters. The van der Waals surface area contributed by atoms with Gasteiger partial charge in [0.05, 0.1) is 8.82 Å². The molecule has 2 rings (SSSR count). The van der Waals surface area contributed by atoms with Crippen molar-refractivity contribution in [2.24, 2.45) is 0 Å². The maximum absolute atomic E-state index is 12.1. The van der Waals surface area contributed by atoms with Crippen LogP contribution in [0.1, 0.15) is 5.56 Å². The molecule has 1 aliphatic rings. The molecule has 1 aromatic carbocycles. The van der Waals surface area contributed by atoms with Gasteiger partial charge in [-0.2, -0.15) is 8.42 Å². The van der Waals surface area contributed by atoms with Gasteiger partial charge in [0.2, 0.25) is 5.79 Å². The lowest BCUT2D eigenvalue weighted by Gasteiger charge is -2.28. The monoisotopic (exact) mass is 392 g/mol. The van der Waals surface area contributed by atoms with Crippen molar-refractivity contribution in [1.29, 1.82) is 0 Å². The SMILES string of the molecule is Cc1ccc(S(=O)(=O)OC2(O)C=CC=CC2I)cc1. The van der Waals surface area contributed by atoms with Crippen molar-refractivity contribution in [2.75, 3.05) is 0 Å². The van der Waals surface area contributed by atoms with E-state index in [1.807, 2.05) is 29.5 Å². The Morgan fingerprint density at radius 3 is 2.47 bits per heavy atom. The molecule has 4 nitrogen and oxygen atoms in total. The third kappa shape index (κ3) is 3.25. The smallest absolute Gasteiger partial charge is 0.299 e. The summed E-state index contributed by atoms with van der Waals surface area (Å²) in [4.78, 5) is 0.0260. The number of rotatable bonds is 3. The zero-order valence-corrected chi connectivity index (χ0v) is 13.1. The summed E-state index contributed by atoms with van der Waals surface area (Å²) in [5.41, 5.74) is 0.949. The third-order valence-electron chi connectivity index (χ3n) is 2.67. The molecule has 1 N–H and O–H groups in total. The van der Waals surface area contributed by atoms with Crippen molar-refractivity contribution in [3.05, 3.63) is 54.1 Å². The zero-order chi connectivity index (χ0) is 14.1. The molecule has 102 valence electrons. The number of aliphatic hydroxyl groups is 1. The lowest BCUT2D eigenvalue weighted by atomic mass is 10.1. The molecule has 0 amide bonds. The van der Waals surface area contributed by atoms with Crippen LogP contribution in [0.3, 0.4) is 0 Å². The number of hydrogen-bond donors (Lipinski definition) is 1. The number of aryl methyl sites for hydroxylation is 1. The average Bonchev–Trinajstić information content (AvgIpc) is 2.33. The Hall–Kier alpha value is -0.700. The van der Waals surface area contributed by atoms with E-state index in [0.29, 0.717) is 0 Å². The second-order valence-corrected chi connectivity index (χ2v) is 7.14. The van der Waals surface area contributed by atoms with Crippen LogP contribution in [0.2, 0.25) is 0 Å². The van der Waals surface area contributed by atoms with E-state index in [1.54, 1.807) is 30.4 Å². The van der Waals surface area contributed by atoms with Gasteiger partial charge in [-0.15, -0.1) is 0 Å². The van der Waals surface area contributed by atoms with Crippen LogP contribution in [-0.2, 0) is 14.3 Å². The van der Waals surface area contributed by atoms with Gasteiger partial charge < -0.3 is 5.11 Å². The minimum atomic E-state index is -4.01. The van der Waals surface area contributed by atoms with Crippen molar-refractivity contribution < 1.29 is 17.7 Å². The topological polar surface area (TPSA) is 63.6 Å². The fraction of sp³-hybridized carbons (Fsp3) is 0.231. The van der Waals surface area contributed by atoms with Crippen LogP contribution in [-0.4, -0.2) is 23.2 Å². The molecule has 1 aliphatic carbocycles. The first kappa shape index (κ1) is 14.7. The summed E-state index contributed by atoms with van der Waals surface area (Å²) in [5.74, 6) is -1.85. The van der Waals surface area contributed by atoms with Crippen LogP contribution in [0.15, 0.2) is 53.5 Å². The summed E-state index contributed by atoms with van der Waals surface area (Å²) >= 11 is 1.92. The highest BCUT2D eigenvalue weighted by atomic mass is 127. The normalized spacial score (nSPS) is 26.6. The number of hydrogen-bond acceptors (Lipinski definition) is 4. The van der Waals surface area contributed by atoms with E-state index in [-0.39, 0.29) is 4.90 Å². The van der Waals surface area contributed by atoms with E-state index < -0.39 is 19.8 Å². The molecule has 2 atom stereocenters. The van der Waals surface area contributed by atoms with E-state index in [2.05, 4.69) is 0 Å². The van der Waals surface area contributed by atoms with Gasteiger partial charge in [-0.05, 0) is 25.1 Å². The van der Waals surface area contributed by atoms with Gasteiger partial charge in [-0.1, -0.05) is 58.5 Å². The minimum Gasteiger partial charge on any atom is -0.360 e. The predicted molar refractivity (Wildman–Crippen MR) is 80.5 cm³/mol. The first-order valence-electron chi connectivity index (χ1n) is 5.58. The van der Waals surface area contributed by atoms with Gasteiger partial charge in [0.1, 0.15) is 0 Å². The third-order valence-corrected chi connectivity index (χ3v) is 5.32. The Balaban J connectivity index is 2.29. The maximum atomic E-state index is 12.1. The minimum absolute atomic E-state index is 0.0260. The maximum Gasteiger partial charge on any atom is 0.299 e. The standard InChI is InChI=1S/C13H13IO4S/c1-10-5-7-11(8-6-10)19(16,17)18-13(15)9-3-2-4-12(13)14/h2-9,12,15H,1H3. The van der Waals surface area contributed by atoms with Gasteiger partial charge in [0, 0.05) is 0 Å². The fourth-order valence-corrected chi connectivity index (χ4v) is 3.41. The Labute approximate surface area is 126 Å². The highest BCUT2D eigenvalue weighted by molar-refractivity contribution is 14.1. The van der Waals surface area contributed by atoms with Crippen molar-refractivity contribution in [3.8, 4) is 0 Å². The molecule has 1 aromatic rings. The highest BCUT2D eigenvalue weighted by Gasteiger charge is 2.39. The van der Waals surface area contributed by atoms with Crippen molar-refractivity contribution in [3.63, 3.8) is 0 Å². The Kier molecular flexibility index (Phi) is 4.14. The van der Waals surface area contributed by atoms with Crippen LogP contribution in [0, 0.1) is 6.92 Å². The van der Waals surface area contributed by atoms with Crippen molar-refractivity contribution in [1.82, 2.24) is 0 Å². The average molecular weight is 392 g/mol. The molecule has 0 aliphatic heterocycles. The fourth-order valence-electron chi connectivity index (χ4n) is 1.59. The molecule has 0 fully saturated rings. The van der Waals surface area contributed by atoms with E-state index in [1.165, 1.54) is 18.2 Å². The molecule has 0 aromatic heterocycles. The van der Waals surface area contributed by atoms with Crippen molar-refractivity contribution in [2.45, 2.75) is 21.5 Å². The molecule has 0 saturated heterocycles. The second-order valence-electron chi connectivity index (χ2n) is 4.25. The summed E-state index contributed by atoms with van der Waals surface area (Å²) in [6.45, 7) is 1.86. The summed E-state index contributed by atoms with van der Waals surface area (Å²) in [6, 6.07) is 6.27. The van der Waals surface area contributed by atoms with Crippen LogP contribution >= 0.6 is 22.6 Å². The van der Waals surface area contributed by atoms with Gasteiger partial charge in [0.25, 0.3) is 10.1 Å². The molecule has 0 spiro atoms. The molecular weight excluding hydrogens is 379 g/mol. The number of allylic oxidation sites excluding steroid dienone is 2. The van der Waals surface area contributed by atoms with E-state index >= 15 is 0 Å². The van der Waals surface area contributed by atoms with Gasteiger partial charge in [0.15, 0.2) is 0 Å².